The smallest absolute Gasteiger partial charge is 0.455 e. The molecule has 6 nitrogen and oxygen atoms in total. The molecule has 1 amide bonds. The Labute approximate surface area is 181 Å². The predicted molar refractivity (Wildman–Crippen MR) is 111 cm³/mol. The Balaban J connectivity index is 1.65. The van der Waals surface area contributed by atoms with E-state index in [4.69, 9.17) is 10.1 Å². The summed E-state index contributed by atoms with van der Waals surface area (Å²) < 4.78 is 45.4. The fourth-order valence-electron chi connectivity index (χ4n) is 5.17. The van der Waals surface area contributed by atoms with E-state index in [0.29, 0.717) is 42.7 Å². The Morgan fingerprint density at radius 3 is 2.34 bits per heavy atom. The molecule has 2 fully saturated rings. The van der Waals surface area contributed by atoms with Crippen LogP contribution in [0.25, 0.3) is 5.57 Å². The molecule has 164 valence electrons. The maximum Gasteiger partial charge on any atom is 0.471 e. The summed E-state index contributed by atoms with van der Waals surface area (Å²) in [5, 5.41) is 10.6. The fraction of sp³-hybridized carbons (Fsp3) is 0.304. The first-order valence-electron chi connectivity index (χ1n) is 10.2. The number of para-hydroxylation sites is 2. The number of piperidine rings is 1. The van der Waals surface area contributed by atoms with E-state index in [-0.39, 0.29) is 5.56 Å². The van der Waals surface area contributed by atoms with E-state index in [1.807, 2.05) is 18.2 Å². The number of fused-ring (bicyclic) bond motifs is 4. The summed E-state index contributed by atoms with van der Waals surface area (Å²) in [5.74, 6) is -1.36. The summed E-state index contributed by atoms with van der Waals surface area (Å²) in [6, 6.07) is 11.4. The molecule has 1 N–H and O–H groups in total. The molecule has 2 unspecified atom stereocenters. The van der Waals surface area contributed by atoms with E-state index < -0.39 is 30.0 Å². The summed E-state index contributed by atoms with van der Waals surface area (Å²) in [6.45, 7) is 0. The Bertz CT molecular complexity index is 1170. The van der Waals surface area contributed by atoms with Crippen molar-refractivity contribution in [1.29, 1.82) is 5.41 Å². The molecule has 3 aliphatic heterocycles. The Hall–Kier alpha value is -3.49. The standard InChI is InChI=1S/C23H18F3N3O3/c24-23(25,26)22(30)29-13-8-9-14(29)11-12(10-13)19-15-4-1-2-7-18(15)32-20-16(19)5-3-6-17(20)21(27)28-31/h1-7,13-14,27H,8-11H2. The minimum Gasteiger partial charge on any atom is -0.455 e. The van der Waals surface area contributed by atoms with Crippen molar-refractivity contribution in [1.82, 2.24) is 4.90 Å². The van der Waals surface area contributed by atoms with E-state index in [0.717, 1.165) is 21.6 Å². The average molecular weight is 441 g/mol. The van der Waals surface area contributed by atoms with Gasteiger partial charge in [0.15, 0.2) is 5.84 Å². The van der Waals surface area contributed by atoms with Gasteiger partial charge in [-0.25, -0.2) is 0 Å². The molecule has 2 aromatic rings. The van der Waals surface area contributed by atoms with Gasteiger partial charge in [0, 0.05) is 23.2 Å². The summed E-state index contributed by atoms with van der Waals surface area (Å²) >= 11 is 0. The number of amidine groups is 1. The highest BCUT2D eigenvalue weighted by Crippen LogP contribution is 2.50. The number of nitroso groups, excluding NO2 is 1. The van der Waals surface area contributed by atoms with Crippen molar-refractivity contribution in [3.63, 3.8) is 0 Å². The van der Waals surface area contributed by atoms with Gasteiger partial charge in [0.25, 0.3) is 0 Å². The van der Waals surface area contributed by atoms with Crippen molar-refractivity contribution in [2.45, 2.75) is 43.9 Å². The summed E-state index contributed by atoms with van der Waals surface area (Å²) in [5.41, 5.74) is 3.49. The first-order valence-corrected chi connectivity index (χ1v) is 10.2. The van der Waals surface area contributed by atoms with E-state index in [9.17, 15) is 22.9 Å². The Morgan fingerprint density at radius 1 is 1.03 bits per heavy atom. The lowest BCUT2D eigenvalue weighted by atomic mass is 9.83. The number of alkyl halides is 3. The SMILES string of the molecule is N=C(N=O)c1cccc2c1Oc1ccccc1C2=C1CC2CCC(C1)N2C(=O)C(F)(F)F. The molecule has 2 saturated heterocycles. The molecule has 2 atom stereocenters. The molecule has 3 aliphatic rings. The number of hydrogen-bond acceptors (Lipinski definition) is 4. The van der Waals surface area contributed by atoms with Gasteiger partial charge in [-0.05, 0) is 48.6 Å². The van der Waals surface area contributed by atoms with Gasteiger partial charge in [-0.3, -0.25) is 10.2 Å². The molecular formula is C23H18F3N3O3. The van der Waals surface area contributed by atoms with Gasteiger partial charge in [0.2, 0.25) is 0 Å². The van der Waals surface area contributed by atoms with Crippen LogP contribution >= 0.6 is 0 Å². The highest BCUT2D eigenvalue weighted by atomic mass is 19.4. The lowest BCUT2D eigenvalue weighted by Crippen LogP contribution is -2.50. The van der Waals surface area contributed by atoms with Crippen LogP contribution in [0.1, 0.15) is 42.4 Å². The van der Waals surface area contributed by atoms with Crippen LogP contribution < -0.4 is 4.74 Å². The third kappa shape index (κ3) is 3.11. The molecule has 0 radical (unpaired) electrons. The third-order valence-electron chi connectivity index (χ3n) is 6.41. The van der Waals surface area contributed by atoms with Crippen molar-refractivity contribution in [2.75, 3.05) is 0 Å². The Morgan fingerprint density at radius 2 is 1.69 bits per heavy atom. The number of halogens is 3. The minimum atomic E-state index is -4.89. The molecular weight excluding hydrogens is 423 g/mol. The second kappa shape index (κ2) is 7.29. The zero-order chi connectivity index (χ0) is 22.6. The van der Waals surface area contributed by atoms with Crippen LogP contribution in [-0.4, -0.2) is 34.9 Å². The lowest BCUT2D eigenvalue weighted by molar-refractivity contribution is -0.189. The van der Waals surface area contributed by atoms with Crippen LogP contribution in [-0.2, 0) is 4.79 Å². The van der Waals surface area contributed by atoms with Crippen molar-refractivity contribution in [3.05, 3.63) is 69.6 Å². The van der Waals surface area contributed by atoms with Crippen molar-refractivity contribution in [3.8, 4) is 11.5 Å². The van der Waals surface area contributed by atoms with Crippen LogP contribution in [0.5, 0.6) is 11.5 Å². The number of ether oxygens (including phenoxy) is 1. The van der Waals surface area contributed by atoms with Gasteiger partial charge < -0.3 is 9.64 Å². The van der Waals surface area contributed by atoms with Crippen molar-refractivity contribution >= 4 is 17.3 Å². The van der Waals surface area contributed by atoms with Gasteiger partial charge in [-0.1, -0.05) is 35.9 Å². The van der Waals surface area contributed by atoms with E-state index in [1.54, 1.807) is 24.3 Å². The summed E-state index contributed by atoms with van der Waals surface area (Å²) in [6.07, 6.45) is -3.19. The second-order valence-corrected chi connectivity index (χ2v) is 8.20. The number of rotatable bonds is 1. The normalized spacial score (nSPS) is 21.5. The highest BCUT2D eigenvalue weighted by molar-refractivity contribution is 6.03. The van der Waals surface area contributed by atoms with Gasteiger partial charge in [-0.2, -0.15) is 13.2 Å². The predicted octanol–water partition coefficient (Wildman–Crippen LogP) is 5.40. The van der Waals surface area contributed by atoms with Crippen molar-refractivity contribution in [2.24, 2.45) is 5.18 Å². The van der Waals surface area contributed by atoms with Crippen LogP contribution in [0.3, 0.4) is 0 Å². The van der Waals surface area contributed by atoms with Crippen LogP contribution in [0, 0.1) is 10.3 Å². The fourth-order valence-corrected chi connectivity index (χ4v) is 5.17. The molecule has 9 heteroatoms. The topological polar surface area (TPSA) is 82.8 Å². The number of carbonyl (C=O) groups excluding carboxylic acids is 1. The number of nitrogens with zero attached hydrogens (tertiary/aromatic N) is 2. The molecule has 0 aliphatic carbocycles. The zero-order valence-electron chi connectivity index (χ0n) is 16.8. The van der Waals surface area contributed by atoms with Gasteiger partial charge >= 0.3 is 12.1 Å². The average Bonchev–Trinajstić information content (AvgIpc) is 3.04. The molecule has 3 heterocycles. The monoisotopic (exact) mass is 441 g/mol. The van der Waals surface area contributed by atoms with Crippen LogP contribution in [0.15, 0.2) is 53.2 Å². The van der Waals surface area contributed by atoms with E-state index in [1.165, 1.54) is 0 Å². The molecule has 0 aromatic heterocycles. The van der Waals surface area contributed by atoms with E-state index >= 15 is 0 Å². The number of nitrogens with one attached hydrogen (secondary N) is 1. The molecule has 0 saturated carbocycles. The van der Waals surface area contributed by atoms with Crippen LogP contribution in [0.2, 0.25) is 0 Å². The van der Waals surface area contributed by atoms with Gasteiger partial charge in [0.1, 0.15) is 11.5 Å². The summed E-state index contributed by atoms with van der Waals surface area (Å²) in [7, 11) is 0. The third-order valence-corrected chi connectivity index (χ3v) is 6.41. The molecule has 5 rings (SSSR count). The molecule has 32 heavy (non-hydrogen) atoms. The molecule has 2 aromatic carbocycles. The number of hydrogen-bond donors (Lipinski definition) is 1. The number of amides is 1. The number of carbonyl (C=O) groups is 1. The first-order chi connectivity index (χ1) is 15.3. The quantitative estimate of drug-likeness (QED) is 0.312. The first kappa shape index (κ1) is 20.4. The lowest BCUT2D eigenvalue weighted by Gasteiger charge is -2.38. The van der Waals surface area contributed by atoms with Crippen molar-refractivity contribution < 1.29 is 22.7 Å². The minimum absolute atomic E-state index is 0.248. The maximum absolute atomic E-state index is 13.1. The summed E-state index contributed by atoms with van der Waals surface area (Å²) in [4.78, 5) is 24.1. The van der Waals surface area contributed by atoms with Crippen LogP contribution in [0.4, 0.5) is 13.2 Å². The maximum atomic E-state index is 13.1. The Kier molecular flexibility index (Phi) is 4.65. The molecule has 0 spiro atoms. The molecule has 2 bridgehead atoms. The largest absolute Gasteiger partial charge is 0.471 e. The second-order valence-electron chi connectivity index (χ2n) is 8.20. The van der Waals surface area contributed by atoms with Gasteiger partial charge in [-0.15, -0.1) is 4.91 Å². The number of benzene rings is 2. The van der Waals surface area contributed by atoms with Gasteiger partial charge in [0.05, 0.1) is 5.56 Å². The van der Waals surface area contributed by atoms with E-state index in [2.05, 4.69) is 5.18 Å². The highest BCUT2D eigenvalue weighted by Gasteiger charge is 2.51. The zero-order valence-corrected chi connectivity index (χ0v) is 16.8.